The van der Waals surface area contributed by atoms with E-state index < -0.39 is 10.0 Å². The third-order valence-corrected chi connectivity index (χ3v) is 6.14. The summed E-state index contributed by atoms with van der Waals surface area (Å²) in [6.07, 6.45) is 6.34. The molecule has 0 radical (unpaired) electrons. The van der Waals surface area contributed by atoms with Crippen molar-refractivity contribution in [3.05, 3.63) is 42.0 Å². The fourth-order valence-corrected chi connectivity index (χ4v) is 4.42. The number of hydrogen-bond donors (Lipinski definition) is 2. The molecule has 0 spiro atoms. The van der Waals surface area contributed by atoms with E-state index in [1.807, 2.05) is 6.92 Å². The number of benzene rings is 1. The number of amides is 1. The van der Waals surface area contributed by atoms with Crippen LogP contribution in [-0.4, -0.2) is 27.4 Å². The van der Waals surface area contributed by atoms with Crippen molar-refractivity contribution in [2.24, 2.45) is 17.8 Å². The first-order valence-electron chi connectivity index (χ1n) is 7.98. The summed E-state index contributed by atoms with van der Waals surface area (Å²) >= 11 is 0. The van der Waals surface area contributed by atoms with Crippen LogP contribution in [0.3, 0.4) is 0 Å². The number of carbonyl (C=O) groups is 1. The number of carbonyl (C=O) groups excluding carboxylic acids is 1. The van der Waals surface area contributed by atoms with Gasteiger partial charge in [-0.3, -0.25) is 4.79 Å². The molecule has 1 aromatic carbocycles. The molecule has 0 unspecified atom stereocenters. The van der Waals surface area contributed by atoms with E-state index in [1.54, 1.807) is 24.3 Å². The molecule has 0 heterocycles. The zero-order chi connectivity index (χ0) is 16.4. The van der Waals surface area contributed by atoms with Crippen LogP contribution in [0.15, 0.2) is 41.3 Å². The summed E-state index contributed by atoms with van der Waals surface area (Å²) in [7, 11) is -3.51. The minimum absolute atomic E-state index is 0.0383. The van der Waals surface area contributed by atoms with Crippen molar-refractivity contribution >= 4 is 15.9 Å². The molecule has 5 nitrogen and oxygen atoms in total. The van der Waals surface area contributed by atoms with Gasteiger partial charge < -0.3 is 5.32 Å². The maximum atomic E-state index is 12.1. The lowest BCUT2D eigenvalue weighted by Crippen LogP contribution is -2.38. The fourth-order valence-electron chi connectivity index (χ4n) is 3.39. The largest absolute Gasteiger partial charge is 0.355 e. The third kappa shape index (κ3) is 3.64. The summed E-state index contributed by atoms with van der Waals surface area (Å²) in [6, 6.07) is 6.69. The average molecular weight is 334 g/mol. The topological polar surface area (TPSA) is 75.3 Å². The van der Waals surface area contributed by atoms with Crippen molar-refractivity contribution in [2.75, 3.05) is 13.1 Å². The van der Waals surface area contributed by atoms with E-state index in [0.29, 0.717) is 18.4 Å². The van der Waals surface area contributed by atoms with Crippen LogP contribution in [-0.2, 0) is 14.8 Å². The van der Waals surface area contributed by atoms with E-state index in [4.69, 9.17) is 0 Å². The second-order valence-corrected chi connectivity index (χ2v) is 8.16. The Morgan fingerprint density at radius 3 is 2.48 bits per heavy atom. The number of aryl methyl sites for hydroxylation is 1. The van der Waals surface area contributed by atoms with E-state index in [1.165, 1.54) is 0 Å². The predicted octanol–water partition coefficient (Wildman–Crippen LogP) is 1.60. The Morgan fingerprint density at radius 2 is 1.87 bits per heavy atom. The lowest BCUT2D eigenvalue weighted by molar-refractivity contribution is -0.125. The van der Waals surface area contributed by atoms with E-state index >= 15 is 0 Å². The van der Waals surface area contributed by atoms with Crippen molar-refractivity contribution in [1.29, 1.82) is 0 Å². The molecule has 2 N–H and O–H groups in total. The monoisotopic (exact) mass is 334 g/mol. The lowest BCUT2D eigenvalue weighted by atomic mass is 9.93. The summed E-state index contributed by atoms with van der Waals surface area (Å²) in [5.74, 6) is 1.01. The maximum Gasteiger partial charge on any atom is 0.240 e. The molecule has 0 aromatic heterocycles. The van der Waals surface area contributed by atoms with Crippen LogP contribution in [0.5, 0.6) is 0 Å². The normalized spacial score (nSPS) is 25.7. The van der Waals surface area contributed by atoms with Crippen molar-refractivity contribution in [2.45, 2.75) is 24.7 Å². The molecule has 2 aliphatic rings. The third-order valence-electron chi connectivity index (χ3n) is 4.66. The van der Waals surface area contributed by atoms with Gasteiger partial charge in [-0.25, -0.2) is 13.1 Å². The van der Waals surface area contributed by atoms with Crippen molar-refractivity contribution in [3.8, 4) is 0 Å². The number of fused-ring (bicyclic) bond motifs is 2. The first-order chi connectivity index (χ1) is 11.0. The van der Waals surface area contributed by atoms with Gasteiger partial charge in [0.25, 0.3) is 0 Å². The smallest absolute Gasteiger partial charge is 0.240 e. The molecule has 2 bridgehead atoms. The fraction of sp³-hybridized carbons (Fsp3) is 0.471. The maximum absolute atomic E-state index is 12.1. The highest BCUT2D eigenvalue weighted by atomic mass is 32.2. The molecule has 1 fully saturated rings. The van der Waals surface area contributed by atoms with E-state index in [0.717, 1.165) is 18.4 Å². The van der Waals surface area contributed by atoms with Crippen LogP contribution >= 0.6 is 0 Å². The predicted molar refractivity (Wildman–Crippen MR) is 88.2 cm³/mol. The highest BCUT2D eigenvalue weighted by molar-refractivity contribution is 7.89. The van der Waals surface area contributed by atoms with Gasteiger partial charge in [-0.05, 0) is 43.7 Å². The summed E-state index contributed by atoms with van der Waals surface area (Å²) in [4.78, 5) is 12.4. The summed E-state index contributed by atoms with van der Waals surface area (Å²) < 4.78 is 26.7. The zero-order valence-electron chi connectivity index (χ0n) is 13.2. The summed E-state index contributed by atoms with van der Waals surface area (Å²) in [5.41, 5.74) is 1.01. The van der Waals surface area contributed by atoms with Crippen LogP contribution in [0.2, 0.25) is 0 Å². The van der Waals surface area contributed by atoms with E-state index in [-0.39, 0.29) is 23.3 Å². The molecule has 0 saturated heterocycles. The summed E-state index contributed by atoms with van der Waals surface area (Å²) in [6.45, 7) is 2.41. The molecule has 124 valence electrons. The Labute approximate surface area is 137 Å². The zero-order valence-corrected chi connectivity index (χ0v) is 14.0. The van der Waals surface area contributed by atoms with Crippen molar-refractivity contribution in [1.82, 2.24) is 10.0 Å². The molecule has 1 saturated carbocycles. The standard InChI is InChI=1S/C17H22N2O3S/c1-12-2-6-15(7-3-12)23(21,22)19-9-8-18-17(20)16-11-13-4-5-14(16)10-13/h2-7,13-14,16,19H,8-11H2,1H3,(H,18,20)/t13-,14-,16+/m0/s1. The average Bonchev–Trinajstić information content (AvgIpc) is 3.15. The molecular weight excluding hydrogens is 312 g/mol. The number of sulfonamides is 1. The highest BCUT2D eigenvalue weighted by Gasteiger charge is 2.39. The van der Waals surface area contributed by atoms with E-state index in [9.17, 15) is 13.2 Å². The van der Waals surface area contributed by atoms with Crippen LogP contribution < -0.4 is 10.0 Å². The van der Waals surface area contributed by atoms with E-state index in [2.05, 4.69) is 22.2 Å². The number of hydrogen-bond acceptors (Lipinski definition) is 3. The molecule has 1 aromatic rings. The molecule has 3 atom stereocenters. The van der Waals surface area contributed by atoms with Crippen LogP contribution in [0.25, 0.3) is 0 Å². The second-order valence-electron chi connectivity index (χ2n) is 6.39. The highest BCUT2D eigenvalue weighted by Crippen LogP contribution is 2.43. The quantitative estimate of drug-likeness (QED) is 0.613. The molecule has 23 heavy (non-hydrogen) atoms. The van der Waals surface area contributed by atoms with Gasteiger partial charge in [0, 0.05) is 19.0 Å². The SMILES string of the molecule is Cc1ccc(S(=O)(=O)NCCNC(=O)[C@@H]2C[C@H]3C=C[C@H]2C3)cc1. The molecule has 1 amide bonds. The Bertz CT molecular complexity index is 710. The minimum atomic E-state index is -3.51. The Hall–Kier alpha value is -1.66. The Morgan fingerprint density at radius 1 is 1.13 bits per heavy atom. The molecule has 2 aliphatic carbocycles. The first-order valence-corrected chi connectivity index (χ1v) is 9.46. The molecule has 6 heteroatoms. The van der Waals surface area contributed by atoms with Gasteiger partial charge in [0.2, 0.25) is 15.9 Å². The minimum Gasteiger partial charge on any atom is -0.355 e. The van der Waals surface area contributed by atoms with Crippen LogP contribution in [0.4, 0.5) is 0 Å². The number of rotatable bonds is 6. The van der Waals surface area contributed by atoms with Gasteiger partial charge >= 0.3 is 0 Å². The summed E-state index contributed by atoms with van der Waals surface area (Å²) in [5, 5.41) is 2.84. The molecule has 0 aliphatic heterocycles. The van der Waals surface area contributed by atoms with Crippen molar-refractivity contribution in [3.63, 3.8) is 0 Å². The lowest BCUT2D eigenvalue weighted by Gasteiger charge is -2.17. The number of allylic oxidation sites excluding steroid dienone is 2. The number of nitrogens with one attached hydrogen (secondary N) is 2. The van der Waals surface area contributed by atoms with Crippen molar-refractivity contribution < 1.29 is 13.2 Å². The second kappa shape index (κ2) is 6.45. The first kappa shape index (κ1) is 16.2. The van der Waals surface area contributed by atoms with Gasteiger partial charge in [0.05, 0.1) is 4.90 Å². The Kier molecular flexibility index (Phi) is 4.55. The van der Waals surface area contributed by atoms with Crippen LogP contribution in [0, 0.1) is 24.7 Å². The van der Waals surface area contributed by atoms with Crippen LogP contribution in [0.1, 0.15) is 18.4 Å². The van der Waals surface area contributed by atoms with Gasteiger partial charge in [0.15, 0.2) is 0 Å². The van der Waals surface area contributed by atoms with Gasteiger partial charge in [0.1, 0.15) is 0 Å². The van der Waals surface area contributed by atoms with Gasteiger partial charge in [-0.2, -0.15) is 0 Å². The molecule has 3 rings (SSSR count). The Balaban J connectivity index is 1.45. The van der Waals surface area contributed by atoms with Gasteiger partial charge in [-0.1, -0.05) is 29.8 Å². The molecular formula is C17H22N2O3S. The van der Waals surface area contributed by atoms with Gasteiger partial charge in [-0.15, -0.1) is 0 Å².